The summed E-state index contributed by atoms with van der Waals surface area (Å²) in [6.07, 6.45) is 2.17. The summed E-state index contributed by atoms with van der Waals surface area (Å²) in [5.41, 5.74) is 0.601. The van der Waals surface area contributed by atoms with Gasteiger partial charge in [0.1, 0.15) is 0 Å². The quantitative estimate of drug-likeness (QED) is 0.815. The summed E-state index contributed by atoms with van der Waals surface area (Å²) in [5, 5.41) is 11.1. The van der Waals surface area contributed by atoms with Crippen LogP contribution in [0, 0.1) is 0 Å². The van der Waals surface area contributed by atoms with Gasteiger partial charge in [0.05, 0.1) is 12.0 Å². The number of carboxylic acids is 1. The summed E-state index contributed by atoms with van der Waals surface area (Å²) in [6.45, 7) is 1.86. The first-order chi connectivity index (χ1) is 11.0. The van der Waals surface area contributed by atoms with Crippen molar-refractivity contribution in [2.45, 2.75) is 44.7 Å². The fourth-order valence-corrected chi connectivity index (χ4v) is 3.63. The second-order valence-electron chi connectivity index (χ2n) is 5.67. The van der Waals surface area contributed by atoms with Crippen LogP contribution in [0.2, 0.25) is 0 Å². The van der Waals surface area contributed by atoms with Gasteiger partial charge in [0, 0.05) is 23.8 Å². The summed E-state index contributed by atoms with van der Waals surface area (Å²) in [4.78, 5) is 37.0. The van der Waals surface area contributed by atoms with Crippen molar-refractivity contribution in [3.8, 4) is 0 Å². The van der Waals surface area contributed by atoms with Crippen LogP contribution in [0.5, 0.6) is 0 Å². The normalized spacial score (nSPS) is 21.0. The fraction of sp³-hybridized carbons (Fsp3) is 0.471. The molecule has 1 fully saturated rings. The molecule has 1 saturated heterocycles. The zero-order valence-corrected chi connectivity index (χ0v) is 13.9. The van der Waals surface area contributed by atoms with Gasteiger partial charge in [0.2, 0.25) is 11.0 Å². The maximum atomic E-state index is 12.4. The first-order valence-corrected chi connectivity index (χ1v) is 8.73. The van der Waals surface area contributed by atoms with Gasteiger partial charge in [-0.1, -0.05) is 42.1 Å². The second-order valence-corrected chi connectivity index (χ2v) is 6.74. The molecule has 124 valence electrons. The number of piperidine rings is 1. The highest BCUT2D eigenvalue weighted by atomic mass is 32.2. The predicted molar refractivity (Wildman–Crippen MR) is 86.8 cm³/mol. The van der Waals surface area contributed by atoms with Crippen molar-refractivity contribution in [3.63, 3.8) is 0 Å². The van der Waals surface area contributed by atoms with Gasteiger partial charge in [-0.2, -0.15) is 0 Å². The Balaban J connectivity index is 1.88. The zero-order valence-electron chi connectivity index (χ0n) is 13.1. The summed E-state index contributed by atoms with van der Waals surface area (Å²) in [6, 6.07) is 7.93. The Kier molecular flexibility index (Phi) is 6.21. The average Bonchev–Trinajstić information content (AvgIpc) is 2.55. The van der Waals surface area contributed by atoms with E-state index in [1.807, 2.05) is 13.0 Å². The lowest BCUT2D eigenvalue weighted by atomic mass is 9.96. The molecule has 0 aromatic heterocycles. The van der Waals surface area contributed by atoms with E-state index in [1.54, 1.807) is 24.3 Å². The number of carboxylic acid groups (broad SMARTS) is 1. The van der Waals surface area contributed by atoms with E-state index in [0.29, 0.717) is 17.7 Å². The number of nitrogens with zero attached hydrogens (tertiary/aromatic N) is 1. The highest BCUT2D eigenvalue weighted by Gasteiger charge is 2.32. The monoisotopic (exact) mass is 334 g/mol. The Bertz CT molecular complexity index is 575. The molecule has 0 aliphatic carbocycles. The maximum Gasteiger partial charge on any atom is 0.224 e. The molecule has 0 radical (unpaired) electrons. The van der Waals surface area contributed by atoms with Crippen molar-refractivity contribution in [2.75, 3.05) is 5.75 Å². The van der Waals surface area contributed by atoms with Crippen LogP contribution in [0.25, 0.3) is 0 Å². The van der Waals surface area contributed by atoms with E-state index in [1.165, 1.54) is 4.90 Å². The van der Waals surface area contributed by atoms with Crippen LogP contribution in [0.1, 0.15) is 43.0 Å². The van der Waals surface area contributed by atoms with Crippen LogP contribution in [0.15, 0.2) is 30.3 Å². The molecule has 6 heteroatoms. The van der Waals surface area contributed by atoms with Gasteiger partial charge in [-0.05, 0) is 26.2 Å². The minimum Gasteiger partial charge on any atom is -0.548 e. The number of aliphatic carboxylic acids is 1. The molecule has 0 bridgehead atoms. The molecule has 0 saturated carbocycles. The molecule has 0 N–H and O–H groups in total. The predicted octanol–water partition coefficient (Wildman–Crippen LogP) is 1.47. The Labute approximate surface area is 140 Å². The molecule has 1 heterocycles. The number of benzene rings is 1. The van der Waals surface area contributed by atoms with E-state index >= 15 is 0 Å². The SMILES string of the molecule is C[C@@H]1CCC[C@@H](C(=O)[O-])N1C(=O)CCSC(=O)c1ccccc1. The minimum absolute atomic E-state index is 0.0819. The van der Waals surface area contributed by atoms with Crippen molar-refractivity contribution in [1.82, 2.24) is 4.90 Å². The molecule has 1 aliphatic rings. The van der Waals surface area contributed by atoms with Gasteiger partial charge in [-0.25, -0.2) is 0 Å². The van der Waals surface area contributed by atoms with Gasteiger partial charge >= 0.3 is 0 Å². The summed E-state index contributed by atoms with van der Waals surface area (Å²) < 4.78 is 0. The first-order valence-electron chi connectivity index (χ1n) is 7.75. The molecule has 2 rings (SSSR count). The van der Waals surface area contributed by atoms with Crippen molar-refractivity contribution in [3.05, 3.63) is 35.9 Å². The van der Waals surface area contributed by atoms with E-state index in [2.05, 4.69) is 0 Å². The number of hydrogen-bond acceptors (Lipinski definition) is 5. The summed E-state index contributed by atoms with van der Waals surface area (Å²) >= 11 is 1.08. The molecule has 1 amide bonds. The van der Waals surface area contributed by atoms with Crippen LogP contribution < -0.4 is 5.11 Å². The Morgan fingerprint density at radius 3 is 2.57 bits per heavy atom. The second kappa shape index (κ2) is 8.15. The van der Waals surface area contributed by atoms with Gasteiger partial charge in [0.15, 0.2) is 0 Å². The lowest BCUT2D eigenvalue weighted by molar-refractivity contribution is -0.312. The molecule has 1 aromatic rings. The van der Waals surface area contributed by atoms with E-state index in [-0.39, 0.29) is 23.5 Å². The van der Waals surface area contributed by atoms with Crippen LogP contribution in [-0.4, -0.2) is 39.7 Å². The van der Waals surface area contributed by atoms with Crippen molar-refractivity contribution < 1.29 is 19.5 Å². The summed E-state index contributed by atoms with van der Waals surface area (Å²) in [5.74, 6) is -1.08. The standard InChI is InChI=1S/C17H21NO4S/c1-12-6-5-9-14(16(20)21)18(12)15(19)10-11-23-17(22)13-7-3-2-4-8-13/h2-4,7-8,12,14H,5-6,9-11H2,1H3,(H,20,21)/p-1/t12-,14+/m1/s1. The Morgan fingerprint density at radius 1 is 1.22 bits per heavy atom. The lowest BCUT2D eigenvalue weighted by Crippen LogP contribution is -2.56. The van der Waals surface area contributed by atoms with Gasteiger partial charge in [0.25, 0.3) is 0 Å². The number of thioether (sulfide) groups is 1. The van der Waals surface area contributed by atoms with E-state index in [9.17, 15) is 19.5 Å². The number of likely N-dealkylation sites (tertiary alicyclic amines) is 1. The van der Waals surface area contributed by atoms with Gasteiger partial charge < -0.3 is 14.8 Å². The van der Waals surface area contributed by atoms with Gasteiger partial charge in [-0.15, -0.1) is 0 Å². The molecular weight excluding hydrogens is 314 g/mol. The largest absolute Gasteiger partial charge is 0.548 e. The minimum atomic E-state index is -1.20. The molecule has 1 aliphatic heterocycles. The smallest absolute Gasteiger partial charge is 0.224 e. The van der Waals surface area contributed by atoms with Crippen molar-refractivity contribution in [2.24, 2.45) is 0 Å². The van der Waals surface area contributed by atoms with Crippen LogP contribution in [0.4, 0.5) is 0 Å². The van der Waals surface area contributed by atoms with E-state index < -0.39 is 12.0 Å². The zero-order chi connectivity index (χ0) is 16.8. The first kappa shape index (κ1) is 17.5. The highest BCUT2D eigenvalue weighted by Crippen LogP contribution is 2.24. The third kappa shape index (κ3) is 4.58. The summed E-state index contributed by atoms with van der Waals surface area (Å²) in [7, 11) is 0. The molecule has 23 heavy (non-hydrogen) atoms. The Morgan fingerprint density at radius 2 is 1.91 bits per heavy atom. The van der Waals surface area contributed by atoms with Gasteiger partial charge in [-0.3, -0.25) is 9.59 Å². The molecule has 5 nitrogen and oxygen atoms in total. The van der Waals surface area contributed by atoms with Crippen LogP contribution in [-0.2, 0) is 9.59 Å². The average molecular weight is 334 g/mol. The van der Waals surface area contributed by atoms with Crippen molar-refractivity contribution in [1.29, 1.82) is 0 Å². The third-order valence-corrected chi connectivity index (χ3v) is 4.93. The number of amides is 1. The maximum absolute atomic E-state index is 12.4. The molecule has 0 spiro atoms. The molecule has 1 aromatic carbocycles. The fourth-order valence-electron chi connectivity index (χ4n) is 2.86. The molecule has 2 atom stereocenters. The lowest BCUT2D eigenvalue weighted by Gasteiger charge is -2.41. The Hall–Kier alpha value is -1.82. The molecule has 0 unspecified atom stereocenters. The van der Waals surface area contributed by atoms with Crippen molar-refractivity contribution >= 4 is 28.8 Å². The highest BCUT2D eigenvalue weighted by molar-refractivity contribution is 8.14. The number of rotatable bonds is 5. The molecular formula is C17H20NO4S-. The van der Waals surface area contributed by atoms with Crippen LogP contribution >= 0.6 is 11.8 Å². The third-order valence-electron chi connectivity index (χ3n) is 4.03. The number of carbonyl (C=O) groups excluding carboxylic acids is 3. The number of hydrogen-bond donors (Lipinski definition) is 0. The number of carbonyl (C=O) groups is 3. The van der Waals surface area contributed by atoms with Crippen LogP contribution in [0.3, 0.4) is 0 Å². The van der Waals surface area contributed by atoms with E-state index in [4.69, 9.17) is 0 Å². The van der Waals surface area contributed by atoms with E-state index in [0.717, 1.165) is 24.6 Å². The topological polar surface area (TPSA) is 77.5 Å².